The smallest absolute Gasteiger partial charge is 0.363 e. The summed E-state index contributed by atoms with van der Waals surface area (Å²) in [6.07, 6.45) is 2.11. The Hall–Kier alpha value is 0.460. The number of ether oxygens (including phenoxy) is 1. The standard InChI is InChI=1S/C22H40Cl4N5O6P3/c1-29(12-6-22(32,38-33)40(34,35)36)11-3-17-37-21-5-2-4-20(18-21)19-27-28-39(30(13-7-23)14-8-24)31(15-9-25)16-10-26/h2,4-5,18-19,28,32-33,38H,3,6-17H2,1H3,(H2,34,35,36)/b27-19+. The molecule has 0 aliphatic rings. The molecule has 0 saturated heterocycles. The van der Waals surface area contributed by atoms with Gasteiger partial charge in [-0.15, -0.1) is 46.4 Å². The molecule has 0 heterocycles. The molecule has 0 fully saturated rings. The first-order valence-corrected chi connectivity index (χ1v) is 18.4. The zero-order valence-electron chi connectivity index (χ0n) is 22.4. The van der Waals surface area contributed by atoms with E-state index in [4.69, 9.17) is 51.1 Å². The third-order valence-corrected chi connectivity index (χ3v) is 11.4. The van der Waals surface area contributed by atoms with E-state index in [1.54, 1.807) is 13.3 Å². The molecule has 2 unspecified atom stereocenters. The monoisotopic (exact) mass is 703 g/mol. The van der Waals surface area contributed by atoms with Crippen LogP contribution in [0.2, 0.25) is 0 Å². The van der Waals surface area contributed by atoms with E-state index in [9.17, 15) is 24.4 Å². The van der Waals surface area contributed by atoms with Gasteiger partial charge in [0.1, 0.15) is 5.75 Å². The van der Waals surface area contributed by atoms with Crippen LogP contribution in [0.25, 0.3) is 0 Å². The van der Waals surface area contributed by atoms with Crippen molar-refractivity contribution in [2.75, 3.05) is 76.4 Å². The highest BCUT2D eigenvalue weighted by atomic mass is 35.5. The number of benzene rings is 1. The number of hydrogen-bond donors (Lipinski definition) is 5. The number of nitrogens with zero attached hydrogens (tertiary/aromatic N) is 4. The Morgan fingerprint density at radius 3 is 2.12 bits per heavy atom. The van der Waals surface area contributed by atoms with Gasteiger partial charge in [0.15, 0.2) is 8.37 Å². The van der Waals surface area contributed by atoms with E-state index in [-0.39, 0.29) is 13.0 Å². The molecule has 1 aromatic rings. The van der Waals surface area contributed by atoms with Gasteiger partial charge < -0.3 is 29.4 Å². The Morgan fingerprint density at radius 1 is 1.05 bits per heavy atom. The predicted molar refractivity (Wildman–Crippen MR) is 170 cm³/mol. The fourth-order valence-corrected chi connectivity index (χ4v) is 7.74. The van der Waals surface area contributed by atoms with E-state index in [0.717, 1.165) is 5.56 Å². The summed E-state index contributed by atoms with van der Waals surface area (Å²) in [5.41, 5.74) is 0.834. The van der Waals surface area contributed by atoms with Crippen LogP contribution in [0.4, 0.5) is 0 Å². The summed E-state index contributed by atoms with van der Waals surface area (Å²) in [6, 6.07) is 7.48. The quantitative estimate of drug-likeness (QED) is 0.0375. The van der Waals surface area contributed by atoms with Crippen molar-refractivity contribution in [2.45, 2.75) is 17.9 Å². The molecule has 2 atom stereocenters. The molecule has 0 aromatic heterocycles. The van der Waals surface area contributed by atoms with E-state index in [2.05, 4.69) is 19.6 Å². The van der Waals surface area contributed by atoms with Gasteiger partial charge in [-0.05, 0) is 31.2 Å². The molecule has 0 aliphatic heterocycles. The molecule has 0 bridgehead atoms. The maximum atomic E-state index is 11.4. The van der Waals surface area contributed by atoms with Crippen LogP contribution in [0, 0.1) is 0 Å². The third-order valence-electron chi connectivity index (χ3n) is 5.58. The molecule has 40 heavy (non-hydrogen) atoms. The molecule has 11 nitrogen and oxygen atoms in total. The van der Waals surface area contributed by atoms with Gasteiger partial charge >= 0.3 is 7.60 Å². The number of hydrogen-bond acceptors (Lipinski definition) is 9. The number of halogens is 4. The number of aliphatic hydroxyl groups is 1. The summed E-state index contributed by atoms with van der Waals surface area (Å²) in [7, 11) is -5.41. The zero-order chi connectivity index (χ0) is 30.0. The first-order chi connectivity index (χ1) is 19.0. The summed E-state index contributed by atoms with van der Waals surface area (Å²) in [5, 5.41) is 15.3. The Labute approximate surface area is 260 Å². The SMILES string of the molecule is CN(CCCOc1cccc(/C=N/NP(N(CCCl)CCCl)N(CCCl)CCCl)c1)CCC(O)(PO)P(=O)(O)O. The Bertz CT molecular complexity index is 884. The molecule has 0 spiro atoms. The van der Waals surface area contributed by atoms with Crippen molar-refractivity contribution in [2.24, 2.45) is 5.10 Å². The predicted octanol–water partition coefficient (Wildman–Crippen LogP) is 3.90. The van der Waals surface area contributed by atoms with Crippen molar-refractivity contribution >= 4 is 77.4 Å². The maximum absolute atomic E-state index is 11.4. The van der Waals surface area contributed by atoms with Crippen LogP contribution in [0.3, 0.4) is 0 Å². The summed E-state index contributed by atoms with van der Waals surface area (Å²) >= 11 is 24.1. The van der Waals surface area contributed by atoms with E-state index in [1.165, 1.54) is 0 Å². The minimum Gasteiger partial charge on any atom is -0.494 e. The Balaban J connectivity index is 2.69. The summed E-state index contributed by atoms with van der Waals surface area (Å²) < 4.78 is 21.6. The van der Waals surface area contributed by atoms with Crippen LogP contribution < -0.4 is 9.93 Å². The molecule has 1 rings (SSSR count). The van der Waals surface area contributed by atoms with Crippen molar-refractivity contribution in [3.63, 3.8) is 0 Å². The van der Waals surface area contributed by atoms with Crippen molar-refractivity contribution < 1.29 is 29.1 Å². The highest BCUT2D eigenvalue weighted by Crippen LogP contribution is 2.58. The van der Waals surface area contributed by atoms with E-state index >= 15 is 0 Å². The van der Waals surface area contributed by atoms with Crippen molar-refractivity contribution in [1.82, 2.24) is 19.4 Å². The summed E-state index contributed by atoms with van der Waals surface area (Å²) in [4.78, 5) is 29.6. The van der Waals surface area contributed by atoms with E-state index < -0.39 is 29.9 Å². The lowest BCUT2D eigenvalue weighted by Crippen LogP contribution is -2.37. The number of nitrogens with one attached hydrogen (secondary N) is 1. The summed E-state index contributed by atoms with van der Waals surface area (Å²) in [5.74, 6) is 2.46. The third kappa shape index (κ3) is 14.3. The van der Waals surface area contributed by atoms with Crippen LogP contribution >= 0.6 is 71.2 Å². The largest absolute Gasteiger partial charge is 0.494 e. The van der Waals surface area contributed by atoms with Gasteiger partial charge in [0.25, 0.3) is 0 Å². The van der Waals surface area contributed by atoms with Crippen LogP contribution in [0.15, 0.2) is 29.4 Å². The van der Waals surface area contributed by atoms with Gasteiger partial charge in [-0.2, -0.15) is 5.10 Å². The topological polar surface area (TPSA) is 141 Å². The fraction of sp³-hybridized carbons (Fsp3) is 0.682. The average molecular weight is 705 g/mol. The number of alkyl halides is 4. The Kier molecular flexibility index (Phi) is 20.4. The first-order valence-electron chi connectivity index (χ1n) is 12.5. The van der Waals surface area contributed by atoms with Gasteiger partial charge in [-0.3, -0.25) is 9.76 Å². The number of hydrazone groups is 1. The van der Waals surface area contributed by atoms with Crippen molar-refractivity contribution in [1.29, 1.82) is 0 Å². The minimum atomic E-state index is -4.83. The van der Waals surface area contributed by atoms with Crippen molar-refractivity contribution in [3.05, 3.63) is 29.8 Å². The molecule has 1 aromatic carbocycles. The van der Waals surface area contributed by atoms with Crippen LogP contribution in [-0.4, -0.2) is 122 Å². The fourth-order valence-electron chi connectivity index (χ4n) is 3.39. The van der Waals surface area contributed by atoms with Crippen LogP contribution in [0.5, 0.6) is 5.75 Å². The maximum Gasteiger partial charge on any atom is 0.363 e. The van der Waals surface area contributed by atoms with E-state index in [1.807, 2.05) is 29.2 Å². The molecular formula is C22H40Cl4N5O6P3. The molecule has 0 radical (unpaired) electrons. The summed E-state index contributed by atoms with van der Waals surface area (Å²) in [6.45, 7) is 3.72. The van der Waals surface area contributed by atoms with Crippen LogP contribution in [-0.2, 0) is 4.57 Å². The van der Waals surface area contributed by atoms with Gasteiger partial charge in [-0.25, -0.2) is 9.34 Å². The second kappa shape index (κ2) is 21.2. The van der Waals surface area contributed by atoms with Gasteiger partial charge in [0, 0.05) is 69.2 Å². The molecule has 0 aliphatic carbocycles. The average Bonchev–Trinajstić information content (AvgIpc) is 2.91. The number of rotatable bonds is 23. The van der Waals surface area contributed by atoms with Gasteiger partial charge in [0.2, 0.25) is 5.08 Å². The van der Waals surface area contributed by atoms with E-state index in [0.29, 0.717) is 75.0 Å². The lowest BCUT2D eigenvalue weighted by Gasteiger charge is -2.37. The molecule has 18 heteroatoms. The normalized spacial score (nSPS) is 14.4. The van der Waals surface area contributed by atoms with Crippen molar-refractivity contribution in [3.8, 4) is 5.75 Å². The molecule has 0 amide bonds. The minimum absolute atomic E-state index is 0.205. The highest BCUT2D eigenvalue weighted by Gasteiger charge is 2.45. The highest BCUT2D eigenvalue weighted by molar-refractivity contribution is 7.64. The first kappa shape index (κ1) is 38.5. The molecule has 0 saturated carbocycles. The lowest BCUT2D eigenvalue weighted by atomic mass is 10.2. The molecular weight excluding hydrogens is 665 g/mol. The molecule has 232 valence electrons. The second-order valence-electron chi connectivity index (χ2n) is 8.61. The van der Waals surface area contributed by atoms with Gasteiger partial charge in [0.05, 0.1) is 21.6 Å². The molecule has 5 N–H and O–H groups in total. The lowest BCUT2D eigenvalue weighted by molar-refractivity contribution is 0.139. The Morgan fingerprint density at radius 2 is 1.62 bits per heavy atom. The zero-order valence-corrected chi connectivity index (χ0v) is 28.2. The second-order valence-corrected chi connectivity index (χ2v) is 15.3. The van der Waals surface area contributed by atoms with Crippen LogP contribution in [0.1, 0.15) is 18.4 Å². The van der Waals surface area contributed by atoms with Gasteiger partial charge in [-0.1, -0.05) is 12.1 Å².